The Labute approximate surface area is 292 Å². The van der Waals surface area contributed by atoms with Gasteiger partial charge in [-0.25, -0.2) is 0 Å². The Kier molecular flexibility index (Phi) is 19.6. The van der Waals surface area contributed by atoms with Crippen LogP contribution in [-0.2, 0) is 28.4 Å². The molecule has 3 aliphatic rings. The fourth-order valence-corrected chi connectivity index (χ4v) is 6.88. The normalized spacial score (nSPS) is 40.1. The van der Waals surface area contributed by atoms with Gasteiger partial charge in [-0.15, -0.1) is 0 Å². The molecule has 1 saturated carbocycles. The van der Waals surface area contributed by atoms with Gasteiger partial charge >= 0.3 is 0 Å². The molecule has 0 spiro atoms. The number of ether oxygens (including phenoxy) is 6. The molecule has 13 N–H and O–H groups in total. The highest BCUT2D eigenvalue weighted by atomic mass is 16.7. The Bertz CT molecular complexity index is 882. The Balaban J connectivity index is 1.65. The molecule has 0 aromatic heterocycles. The first-order valence-electron chi connectivity index (χ1n) is 18.7. The highest BCUT2D eigenvalue weighted by Gasteiger charge is 2.52. The predicted octanol–water partition coefficient (Wildman–Crippen LogP) is -0.522. The van der Waals surface area contributed by atoms with Crippen LogP contribution in [0.2, 0.25) is 0 Å². The summed E-state index contributed by atoms with van der Waals surface area (Å²) in [7, 11) is 0. The molecular formula is C34H68N4O11. The van der Waals surface area contributed by atoms with Crippen LogP contribution in [0.15, 0.2) is 0 Å². The Morgan fingerprint density at radius 3 is 1.65 bits per heavy atom. The summed E-state index contributed by atoms with van der Waals surface area (Å²) in [5, 5.41) is 53.7. The maximum Gasteiger partial charge on any atom is 0.187 e. The Hall–Kier alpha value is -0.600. The molecule has 0 aromatic rings. The lowest BCUT2D eigenvalue weighted by molar-refractivity contribution is -0.333. The number of unbranched alkanes of at least 4 members (excludes halogenated alkanes) is 10. The standard InChI is InChI=1S/C34H68N4O11/c1-3-5-7-9-11-13-15-44-19-23-32(45-16-14-12-10-8-6-4-2)24(38)26(40)33(47-23)48-30-20(36)17-21(37)31(29(30)43)49-34-28(42)27(41)25(39)22(18-35)46-34/h20-34,39-43H,3-19,35-38H2,1-2H3/t20-,21+,22-,23-,24-,25-,26-,27+,28-,29-,30+,31-,32-,33+,34-/m1/s1. The molecule has 1 aliphatic carbocycles. The first kappa shape index (κ1) is 42.8. The van der Waals surface area contributed by atoms with Crippen LogP contribution in [0.1, 0.15) is 97.3 Å². The second kappa shape index (κ2) is 22.5. The van der Waals surface area contributed by atoms with Crippen LogP contribution in [0.3, 0.4) is 0 Å². The smallest absolute Gasteiger partial charge is 0.187 e. The third-order valence-electron chi connectivity index (χ3n) is 10.0. The van der Waals surface area contributed by atoms with Gasteiger partial charge in [-0.05, 0) is 19.3 Å². The SMILES string of the molecule is CCCCCCCCOC[C@H]1O[C@@H](O[C@@H]2[C@@H](O)[C@H](O[C@H]3O[C@H](CN)[C@@H](O)[C@H](O)[C@H]3O)[C@@H](N)C[C@H]2N)[C@H](O)[C@@H](N)[C@@H]1OCCCCCCCC. The van der Waals surface area contributed by atoms with Crippen LogP contribution in [-0.4, -0.2) is 144 Å². The minimum absolute atomic E-state index is 0.143. The van der Waals surface area contributed by atoms with Crippen molar-refractivity contribution in [3.05, 3.63) is 0 Å². The summed E-state index contributed by atoms with van der Waals surface area (Å²) in [6.45, 7) is 5.42. The van der Waals surface area contributed by atoms with Crippen molar-refractivity contribution in [3.8, 4) is 0 Å². The van der Waals surface area contributed by atoms with E-state index in [1.165, 1.54) is 38.5 Å². The monoisotopic (exact) mass is 708 g/mol. The molecule has 0 bridgehead atoms. The molecule has 15 nitrogen and oxygen atoms in total. The van der Waals surface area contributed by atoms with Crippen molar-refractivity contribution in [1.82, 2.24) is 0 Å². The van der Waals surface area contributed by atoms with Gasteiger partial charge in [0.25, 0.3) is 0 Å². The zero-order chi connectivity index (χ0) is 35.9. The topological polar surface area (TPSA) is 261 Å². The van der Waals surface area contributed by atoms with Crippen molar-refractivity contribution in [2.45, 2.75) is 189 Å². The number of hydrogen-bond acceptors (Lipinski definition) is 15. The molecule has 2 heterocycles. The molecule has 0 amide bonds. The number of aliphatic hydroxyl groups excluding tert-OH is 5. The lowest BCUT2D eigenvalue weighted by Crippen LogP contribution is -2.68. The molecule has 0 unspecified atom stereocenters. The van der Waals surface area contributed by atoms with Crippen LogP contribution in [0.5, 0.6) is 0 Å². The number of rotatable bonds is 22. The van der Waals surface area contributed by atoms with E-state index >= 15 is 0 Å². The van der Waals surface area contributed by atoms with Crippen molar-refractivity contribution in [1.29, 1.82) is 0 Å². The van der Waals surface area contributed by atoms with Gasteiger partial charge in [0.2, 0.25) is 0 Å². The van der Waals surface area contributed by atoms with E-state index in [-0.39, 0.29) is 19.6 Å². The first-order chi connectivity index (χ1) is 23.5. The molecule has 2 aliphatic heterocycles. The van der Waals surface area contributed by atoms with Gasteiger partial charge in [0.15, 0.2) is 12.6 Å². The average Bonchev–Trinajstić information content (AvgIpc) is 3.08. The van der Waals surface area contributed by atoms with Gasteiger partial charge in [0.1, 0.15) is 61.0 Å². The van der Waals surface area contributed by atoms with Crippen LogP contribution in [0.4, 0.5) is 0 Å². The second-order valence-corrected chi connectivity index (χ2v) is 14.1. The zero-order valence-electron chi connectivity index (χ0n) is 29.7. The summed E-state index contributed by atoms with van der Waals surface area (Å²) in [4.78, 5) is 0. The van der Waals surface area contributed by atoms with E-state index in [1.54, 1.807) is 0 Å². The molecule has 0 radical (unpaired) electrons. The van der Waals surface area contributed by atoms with Crippen molar-refractivity contribution in [2.24, 2.45) is 22.9 Å². The van der Waals surface area contributed by atoms with Crippen LogP contribution >= 0.6 is 0 Å². The molecule has 15 atom stereocenters. The predicted molar refractivity (Wildman–Crippen MR) is 182 cm³/mol. The van der Waals surface area contributed by atoms with E-state index in [1.807, 2.05) is 0 Å². The zero-order valence-corrected chi connectivity index (χ0v) is 29.7. The summed E-state index contributed by atoms with van der Waals surface area (Å²) in [5.74, 6) is 0. The minimum atomic E-state index is -1.64. The van der Waals surface area contributed by atoms with Crippen molar-refractivity contribution < 1.29 is 54.0 Å². The fourth-order valence-electron chi connectivity index (χ4n) is 6.88. The molecule has 3 rings (SSSR count). The fraction of sp³-hybridized carbons (Fsp3) is 1.00. The molecule has 3 fully saturated rings. The van der Waals surface area contributed by atoms with Crippen LogP contribution < -0.4 is 22.9 Å². The second-order valence-electron chi connectivity index (χ2n) is 14.1. The van der Waals surface area contributed by atoms with Gasteiger partial charge in [0.05, 0.1) is 12.6 Å². The van der Waals surface area contributed by atoms with Crippen molar-refractivity contribution in [2.75, 3.05) is 26.4 Å². The number of nitrogens with two attached hydrogens (primary N) is 4. The van der Waals surface area contributed by atoms with Crippen LogP contribution in [0.25, 0.3) is 0 Å². The highest BCUT2D eigenvalue weighted by molar-refractivity contribution is 5.01. The third kappa shape index (κ3) is 12.5. The van der Waals surface area contributed by atoms with E-state index in [9.17, 15) is 25.5 Å². The first-order valence-corrected chi connectivity index (χ1v) is 18.7. The Morgan fingerprint density at radius 2 is 1.08 bits per heavy atom. The van der Waals surface area contributed by atoms with E-state index in [0.717, 1.165) is 38.5 Å². The molecular weight excluding hydrogens is 640 g/mol. The molecule has 290 valence electrons. The quantitative estimate of drug-likeness (QED) is 0.0641. The lowest BCUT2D eigenvalue weighted by atomic mass is 9.84. The van der Waals surface area contributed by atoms with Gasteiger partial charge in [0, 0.05) is 31.8 Å². The summed E-state index contributed by atoms with van der Waals surface area (Å²) >= 11 is 0. The summed E-state index contributed by atoms with van der Waals surface area (Å²) in [6, 6.07) is -2.45. The third-order valence-corrected chi connectivity index (χ3v) is 10.0. The summed E-state index contributed by atoms with van der Waals surface area (Å²) in [6.07, 6.45) is -1.21. The average molecular weight is 709 g/mol. The highest BCUT2D eigenvalue weighted by Crippen LogP contribution is 2.32. The molecule has 49 heavy (non-hydrogen) atoms. The van der Waals surface area contributed by atoms with E-state index in [0.29, 0.717) is 13.2 Å². The van der Waals surface area contributed by atoms with Crippen molar-refractivity contribution in [3.63, 3.8) is 0 Å². The molecule has 0 aromatic carbocycles. The summed E-state index contributed by atoms with van der Waals surface area (Å²) in [5.41, 5.74) is 24.9. The maximum atomic E-state index is 11.4. The van der Waals surface area contributed by atoms with Gasteiger partial charge in [-0.1, -0.05) is 78.1 Å². The Morgan fingerprint density at radius 1 is 0.571 bits per heavy atom. The molecule has 2 saturated heterocycles. The van der Waals surface area contributed by atoms with E-state index < -0.39 is 91.7 Å². The maximum absolute atomic E-state index is 11.4. The summed E-state index contributed by atoms with van der Waals surface area (Å²) < 4.78 is 36.1. The molecule has 15 heteroatoms. The van der Waals surface area contributed by atoms with Gasteiger partial charge < -0.3 is 76.9 Å². The van der Waals surface area contributed by atoms with Crippen molar-refractivity contribution >= 4 is 0 Å². The van der Waals surface area contributed by atoms with Gasteiger partial charge in [-0.3, -0.25) is 0 Å². The number of hydrogen-bond donors (Lipinski definition) is 9. The van der Waals surface area contributed by atoms with Gasteiger partial charge in [-0.2, -0.15) is 0 Å². The number of aliphatic hydroxyl groups is 5. The van der Waals surface area contributed by atoms with E-state index in [4.69, 9.17) is 51.4 Å². The largest absolute Gasteiger partial charge is 0.388 e. The lowest BCUT2D eigenvalue weighted by Gasteiger charge is -2.48. The minimum Gasteiger partial charge on any atom is -0.388 e. The van der Waals surface area contributed by atoms with Crippen LogP contribution in [0, 0.1) is 0 Å². The van der Waals surface area contributed by atoms with E-state index in [2.05, 4.69) is 13.8 Å².